The summed E-state index contributed by atoms with van der Waals surface area (Å²) in [5.41, 5.74) is 0.657. The zero-order valence-electron chi connectivity index (χ0n) is 40.1. The first-order chi connectivity index (χ1) is 35.3. The zero-order valence-corrected chi connectivity index (χ0v) is 45.5. The van der Waals surface area contributed by atoms with Gasteiger partial charge in [0.05, 0.1) is 41.2 Å². The van der Waals surface area contributed by atoms with Gasteiger partial charge < -0.3 is 30.1 Å². The molecule has 0 aliphatic rings. The quantitative estimate of drug-likeness (QED) is 0.0260. The summed E-state index contributed by atoms with van der Waals surface area (Å²) in [5.74, 6) is -1.59. The van der Waals surface area contributed by atoms with Crippen LogP contribution in [0.1, 0.15) is 40.9 Å². The molecule has 8 aromatic rings. The van der Waals surface area contributed by atoms with Crippen molar-refractivity contribution in [3.8, 4) is 23.0 Å². The number of anilines is 1. The first kappa shape index (κ1) is 57.6. The standard InChI is InChI=1S/2C26H22ClN3O6S.Ca/c2*1-3-15-11-12-21(25(22(15)27)37(33,34)35)29-30-23-19-10-5-4-7-16(19)13-20(24(23)31)26(32)28-17-8-6-9-18(14-17)36-2;/h2*4-14,31H,3H2,1-2H3,(H,28,32)(H,33,34,35);/q;;+2/p-2. The number of hydrogen-bond donors (Lipinski definition) is 4. The van der Waals surface area contributed by atoms with Crippen LogP contribution in [0.5, 0.6) is 23.0 Å². The van der Waals surface area contributed by atoms with Crippen molar-refractivity contribution in [2.75, 3.05) is 19.5 Å². The number of methoxy groups -OCH3 is 2. The number of benzene rings is 8. The van der Waals surface area contributed by atoms with Crippen LogP contribution < -0.4 is 25.0 Å². The monoisotopic (exact) mass is 1120 g/mol. The van der Waals surface area contributed by atoms with Crippen LogP contribution in [0.4, 0.5) is 34.1 Å². The van der Waals surface area contributed by atoms with Crippen molar-refractivity contribution < 1.29 is 55.5 Å². The number of halogens is 2. The van der Waals surface area contributed by atoms with Crippen LogP contribution in [0.3, 0.4) is 0 Å². The molecule has 0 aliphatic heterocycles. The Labute approximate surface area is 470 Å². The van der Waals surface area contributed by atoms with Crippen LogP contribution in [-0.4, -0.2) is 94.8 Å². The largest absolute Gasteiger partial charge is 2.00 e. The second kappa shape index (κ2) is 24.7. The fourth-order valence-corrected chi connectivity index (χ4v) is 10.1. The summed E-state index contributed by atoms with van der Waals surface area (Å²) in [6.45, 7) is 3.55. The topological polar surface area (TPSA) is 284 Å². The Kier molecular flexibility index (Phi) is 19.0. The predicted molar refractivity (Wildman–Crippen MR) is 285 cm³/mol. The Balaban J connectivity index is 0.000000241. The van der Waals surface area contributed by atoms with Gasteiger partial charge in [-0.3, -0.25) is 18.9 Å². The smallest absolute Gasteiger partial charge is 0.871 e. The molecule has 0 radical (unpaired) electrons. The van der Waals surface area contributed by atoms with Crippen LogP contribution >= 0.6 is 23.2 Å². The van der Waals surface area contributed by atoms with Crippen LogP contribution in [-0.2, 0) is 33.1 Å². The average molecular weight is 1120 g/mol. The molecule has 0 heterocycles. The first-order valence-corrected chi connectivity index (χ1v) is 25.7. The molecule has 0 unspecified atom stereocenters. The van der Waals surface area contributed by atoms with Crippen LogP contribution in [0.25, 0.3) is 21.5 Å². The Morgan fingerprint density at radius 3 is 1.63 bits per heavy atom. The molecule has 1 amide bonds. The van der Waals surface area contributed by atoms with Crippen LogP contribution in [0.2, 0.25) is 10.0 Å². The number of aryl methyl sites for hydroxylation is 2. The Hall–Kier alpha value is -6.72. The van der Waals surface area contributed by atoms with Gasteiger partial charge in [-0.2, -0.15) is 21.9 Å². The van der Waals surface area contributed by atoms with Gasteiger partial charge in [-0.1, -0.05) is 116 Å². The number of azo groups is 2. The third-order valence-corrected chi connectivity index (χ3v) is 14.1. The van der Waals surface area contributed by atoms with E-state index in [0.29, 0.717) is 68.4 Å². The van der Waals surface area contributed by atoms with Gasteiger partial charge in [0.15, 0.2) is 5.75 Å². The number of nitrogens with zero attached hydrogens (tertiary/aromatic N) is 5. The Bertz CT molecular complexity index is 3830. The van der Waals surface area contributed by atoms with E-state index < -0.39 is 53.3 Å². The molecule has 0 bridgehead atoms. The molecule has 0 aliphatic carbocycles. The summed E-state index contributed by atoms with van der Waals surface area (Å²) in [5, 5.41) is 57.8. The molecule has 380 valence electrons. The van der Waals surface area contributed by atoms with Crippen LogP contribution in [0, 0.1) is 0 Å². The molecule has 18 nitrogen and oxygen atoms in total. The van der Waals surface area contributed by atoms with Gasteiger partial charge in [-0.15, -0.1) is 15.3 Å². The number of rotatable bonds is 14. The number of ether oxygens (including phenoxy) is 2. The normalized spacial score (nSPS) is 11.9. The number of phenolic OH excluding ortho intramolecular Hbond substituents is 1. The molecule has 0 saturated heterocycles. The minimum absolute atomic E-state index is 0. The minimum atomic E-state index is -4.76. The molecule has 8 aromatic carbocycles. The number of carbonyl (C=O) groups excluding carboxylic acids is 1. The molecule has 75 heavy (non-hydrogen) atoms. The maximum Gasteiger partial charge on any atom is 2.00 e. The van der Waals surface area contributed by atoms with E-state index >= 15 is 0 Å². The van der Waals surface area contributed by atoms with Crippen molar-refractivity contribution in [2.45, 2.75) is 36.5 Å². The molecule has 0 aromatic heterocycles. The summed E-state index contributed by atoms with van der Waals surface area (Å²) in [7, 11) is -6.51. The molecule has 0 saturated carbocycles. The third kappa shape index (κ3) is 13.2. The number of fused-ring (bicyclic) bond motifs is 2. The van der Waals surface area contributed by atoms with Gasteiger partial charge in [0.1, 0.15) is 38.4 Å². The maximum atomic E-state index is 13.4. The number of hydrogen-bond acceptors (Lipinski definition) is 15. The fraction of sp³-hybridized carbons (Fsp3) is 0.115. The SMILES string of the molecule is CCc1ccc(N=Nc2c(O)c(C(=O)Nc3cccc(OC)c3)cc3ccccc23)c(S(=O)(=O)O)c1Cl.CCc1ccc(N=Nc2c([O-])c(C([O-])=Nc3cccc(OC)c3)cc3ccccc23)c(S(=O)(=O)O)c1Cl.[Ca+2]. The second-order valence-electron chi connectivity index (χ2n) is 15.8. The fourth-order valence-electron chi connectivity index (χ4n) is 7.49. The Morgan fingerprint density at radius 2 is 1.11 bits per heavy atom. The third-order valence-electron chi connectivity index (χ3n) is 11.2. The molecular formula is C52H42CaCl2N6O12S2. The van der Waals surface area contributed by atoms with Gasteiger partial charge in [-0.25, -0.2) is 0 Å². The van der Waals surface area contributed by atoms with Crippen molar-refractivity contribution in [2.24, 2.45) is 25.4 Å². The summed E-state index contributed by atoms with van der Waals surface area (Å²) < 4.78 is 78.0. The van der Waals surface area contributed by atoms with Gasteiger partial charge >= 0.3 is 37.7 Å². The van der Waals surface area contributed by atoms with Gasteiger partial charge in [0.2, 0.25) is 0 Å². The van der Waals surface area contributed by atoms with E-state index in [2.05, 4.69) is 30.8 Å². The molecule has 8 rings (SSSR count). The van der Waals surface area contributed by atoms with E-state index in [9.17, 15) is 46.1 Å². The molecule has 0 spiro atoms. The van der Waals surface area contributed by atoms with Crippen molar-refractivity contribution in [1.82, 2.24) is 0 Å². The van der Waals surface area contributed by atoms with E-state index in [1.807, 2.05) is 0 Å². The predicted octanol–water partition coefficient (Wildman–Crippen LogP) is 11.5. The zero-order chi connectivity index (χ0) is 53.5. The van der Waals surface area contributed by atoms with Gasteiger partial charge in [-0.05, 0) is 94.7 Å². The van der Waals surface area contributed by atoms with Crippen molar-refractivity contribution >= 4 is 149 Å². The minimum Gasteiger partial charge on any atom is -0.871 e. The molecule has 23 heteroatoms. The first-order valence-electron chi connectivity index (χ1n) is 22.0. The summed E-state index contributed by atoms with van der Waals surface area (Å²) in [6.07, 6.45) is 0.837. The summed E-state index contributed by atoms with van der Waals surface area (Å²) in [6, 6.07) is 35.5. The van der Waals surface area contributed by atoms with Crippen molar-refractivity contribution in [3.63, 3.8) is 0 Å². The number of aromatic hydroxyl groups is 1. The van der Waals surface area contributed by atoms with E-state index in [1.165, 1.54) is 38.5 Å². The molecular weight excluding hydrogens is 1080 g/mol. The number of nitrogens with one attached hydrogen (secondary N) is 1. The molecule has 4 N–H and O–H groups in total. The Morgan fingerprint density at radius 1 is 0.627 bits per heavy atom. The molecule has 0 fully saturated rings. The summed E-state index contributed by atoms with van der Waals surface area (Å²) >= 11 is 12.4. The number of phenols is 1. The van der Waals surface area contributed by atoms with Gasteiger partial charge in [0.25, 0.3) is 26.1 Å². The van der Waals surface area contributed by atoms with E-state index in [1.54, 1.807) is 123 Å². The number of amides is 1. The summed E-state index contributed by atoms with van der Waals surface area (Å²) in [4.78, 5) is 15.9. The van der Waals surface area contributed by atoms with Crippen LogP contribution in [0.15, 0.2) is 169 Å². The number of aliphatic imine (C=N–C) groups is 1. The maximum absolute atomic E-state index is 13.4. The second-order valence-corrected chi connectivity index (χ2v) is 19.3. The van der Waals surface area contributed by atoms with E-state index in [4.69, 9.17) is 32.7 Å². The van der Waals surface area contributed by atoms with Crippen molar-refractivity contribution in [3.05, 3.63) is 166 Å². The van der Waals surface area contributed by atoms with Gasteiger partial charge in [0, 0.05) is 28.6 Å². The van der Waals surface area contributed by atoms with Crippen molar-refractivity contribution in [1.29, 1.82) is 0 Å². The van der Waals surface area contributed by atoms with E-state index in [0.717, 1.165) is 0 Å². The molecule has 0 atom stereocenters. The van der Waals surface area contributed by atoms with E-state index in [-0.39, 0.29) is 81.7 Å². The number of carbonyl (C=O) groups is 1. The average Bonchev–Trinajstić information content (AvgIpc) is 3.37.